The molecule has 0 heterocycles. The normalized spacial score (nSPS) is 11.3. The molecule has 0 bridgehead atoms. The molecule has 1 aromatic carbocycles. The minimum absolute atomic E-state index is 0.158. The summed E-state index contributed by atoms with van der Waals surface area (Å²) >= 11 is 0. The molecule has 0 spiro atoms. The van der Waals surface area contributed by atoms with Crippen LogP contribution >= 0.6 is 0 Å². The highest BCUT2D eigenvalue weighted by molar-refractivity contribution is 6.31. The molecule has 7 nitrogen and oxygen atoms in total. The molecule has 0 saturated heterocycles. The number of hydrogen-bond acceptors (Lipinski definition) is 4. The Morgan fingerprint density at radius 2 is 1.90 bits per heavy atom. The third kappa shape index (κ3) is 6.95. The molecule has 114 valence electrons. The molecule has 3 N–H and O–H groups in total. The van der Waals surface area contributed by atoms with Crippen molar-refractivity contribution in [2.45, 2.75) is 26.0 Å². The zero-order valence-corrected chi connectivity index (χ0v) is 11.7. The van der Waals surface area contributed by atoms with E-state index in [1.54, 1.807) is 6.92 Å². The van der Waals surface area contributed by atoms with Gasteiger partial charge in [-0.2, -0.15) is 0 Å². The van der Waals surface area contributed by atoms with Crippen LogP contribution in [-0.4, -0.2) is 35.7 Å². The number of amides is 2. The first-order chi connectivity index (χ1) is 9.99. The molecule has 0 aliphatic rings. The minimum atomic E-state index is -1.53. The Morgan fingerprint density at radius 1 is 1.24 bits per heavy atom. The van der Waals surface area contributed by atoms with Gasteiger partial charge in [-0.15, -0.1) is 0 Å². The predicted octanol–water partition coefficient (Wildman–Crippen LogP) is 0.892. The van der Waals surface area contributed by atoms with E-state index in [9.17, 15) is 14.4 Å². The zero-order chi connectivity index (χ0) is 15.7. The van der Waals surface area contributed by atoms with E-state index >= 15 is 0 Å². The summed E-state index contributed by atoms with van der Waals surface area (Å²) in [5, 5.41) is 13.2. The first-order valence-electron chi connectivity index (χ1n) is 6.47. The number of nitrogens with one attached hydrogen (secondary N) is 2. The molecule has 1 unspecified atom stereocenters. The van der Waals surface area contributed by atoms with Crippen LogP contribution in [0.2, 0.25) is 0 Å². The van der Waals surface area contributed by atoms with Crippen LogP contribution in [0.3, 0.4) is 0 Å². The number of carbonyl (C=O) groups is 3. The van der Waals surface area contributed by atoms with Gasteiger partial charge in [0.1, 0.15) is 6.61 Å². The molecular weight excluding hydrogens is 276 g/mol. The van der Waals surface area contributed by atoms with Crippen LogP contribution in [0, 0.1) is 0 Å². The zero-order valence-electron chi connectivity index (χ0n) is 11.7. The van der Waals surface area contributed by atoms with Crippen LogP contribution in [-0.2, 0) is 20.9 Å². The molecule has 0 radical (unpaired) electrons. The van der Waals surface area contributed by atoms with Gasteiger partial charge in [0.05, 0.1) is 0 Å². The lowest BCUT2D eigenvalue weighted by atomic mass is 10.2. The van der Waals surface area contributed by atoms with Gasteiger partial charge in [0.25, 0.3) is 0 Å². The lowest BCUT2D eigenvalue weighted by molar-refractivity contribution is -0.150. The number of aliphatic carboxylic acids is 1. The van der Waals surface area contributed by atoms with Gasteiger partial charge in [-0.3, -0.25) is 4.79 Å². The van der Waals surface area contributed by atoms with Crippen molar-refractivity contribution in [2.24, 2.45) is 0 Å². The van der Waals surface area contributed by atoms with E-state index in [4.69, 9.17) is 9.84 Å². The topological polar surface area (TPSA) is 105 Å². The van der Waals surface area contributed by atoms with Gasteiger partial charge < -0.3 is 20.5 Å². The van der Waals surface area contributed by atoms with Crippen LogP contribution in [0.25, 0.3) is 0 Å². The molecule has 1 atom stereocenters. The molecule has 1 rings (SSSR count). The fraction of sp³-hybridized carbons (Fsp3) is 0.357. The third-order valence-corrected chi connectivity index (χ3v) is 2.63. The van der Waals surface area contributed by atoms with Crippen molar-refractivity contribution in [1.82, 2.24) is 10.6 Å². The molecule has 1 aromatic rings. The van der Waals surface area contributed by atoms with E-state index < -0.39 is 18.0 Å². The van der Waals surface area contributed by atoms with Gasteiger partial charge in [0, 0.05) is 12.6 Å². The smallest absolute Gasteiger partial charge is 0.407 e. The van der Waals surface area contributed by atoms with Crippen molar-refractivity contribution in [3.8, 4) is 0 Å². The Balaban J connectivity index is 2.18. The second-order valence-electron chi connectivity index (χ2n) is 4.46. The van der Waals surface area contributed by atoms with E-state index in [1.165, 1.54) is 0 Å². The molecule has 2 amide bonds. The van der Waals surface area contributed by atoms with Crippen LogP contribution in [0.5, 0.6) is 0 Å². The summed E-state index contributed by atoms with van der Waals surface area (Å²) in [7, 11) is 0. The van der Waals surface area contributed by atoms with Crippen molar-refractivity contribution in [2.75, 3.05) is 6.54 Å². The standard InChI is InChI=1S/C14H18N2O5/c1-10(7-8-15-12(17)13(18)19)16-14(20)21-9-11-5-3-2-4-6-11/h2-6,10H,7-9H2,1H3,(H,15,17)(H,16,20)(H,18,19). The highest BCUT2D eigenvalue weighted by atomic mass is 16.5. The van der Waals surface area contributed by atoms with Gasteiger partial charge in [-0.1, -0.05) is 30.3 Å². The molecular formula is C14H18N2O5. The maximum atomic E-state index is 11.5. The van der Waals surface area contributed by atoms with E-state index in [-0.39, 0.29) is 19.2 Å². The van der Waals surface area contributed by atoms with E-state index in [0.717, 1.165) is 5.56 Å². The van der Waals surface area contributed by atoms with Crippen molar-refractivity contribution < 1.29 is 24.2 Å². The number of ether oxygens (including phenoxy) is 1. The lowest BCUT2D eigenvalue weighted by Gasteiger charge is -2.14. The second kappa shape index (κ2) is 8.57. The van der Waals surface area contributed by atoms with Crippen LogP contribution in [0.1, 0.15) is 18.9 Å². The van der Waals surface area contributed by atoms with E-state index in [1.807, 2.05) is 30.3 Å². The van der Waals surface area contributed by atoms with Crippen LogP contribution in [0.4, 0.5) is 4.79 Å². The number of hydrogen-bond donors (Lipinski definition) is 3. The maximum Gasteiger partial charge on any atom is 0.407 e. The van der Waals surface area contributed by atoms with Crippen molar-refractivity contribution in [3.63, 3.8) is 0 Å². The molecule has 0 fully saturated rings. The number of carboxylic acids is 1. The number of benzene rings is 1. The predicted molar refractivity (Wildman–Crippen MR) is 74.5 cm³/mol. The molecule has 7 heteroatoms. The maximum absolute atomic E-state index is 11.5. The average Bonchev–Trinajstić information content (AvgIpc) is 2.46. The summed E-state index contributed by atoms with van der Waals surface area (Å²) in [6.07, 6.45) is -0.157. The summed E-state index contributed by atoms with van der Waals surface area (Å²) in [4.78, 5) is 32.6. The molecule has 0 aromatic heterocycles. The number of rotatable bonds is 6. The Kier molecular flexibility index (Phi) is 6.73. The van der Waals surface area contributed by atoms with Crippen LogP contribution in [0.15, 0.2) is 30.3 Å². The summed E-state index contributed by atoms with van der Waals surface area (Å²) in [5.74, 6) is -2.59. The van der Waals surface area contributed by atoms with Gasteiger partial charge in [0.15, 0.2) is 0 Å². The number of carboxylic acid groups (broad SMARTS) is 1. The molecule has 0 saturated carbocycles. The van der Waals surface area contributed by atoms with Crippen molar-refractivity contribution in [3.05, 3.63) is 35.9 Å². The summed E-state index contributed by atoms with van der Waals surface area (Å²) in [6, 6.07) is 9.02. The quantitative estimate of drug-likeness (QED) is 0.676. The van der Waals surface area contributed by atoms with Gasteiger partial charge in [0.2, 0.25) is 0 Å². The Bertz CT molecular complexity index is 489. The summed E-state index contributed by atoms with van der Waals surface area (Å²) < 4.78 is 5.03. The van der Waals surface area contributed by atoms with Crippen LogP contribution < -0.4 is 10.6 Å². The fourth-order valence-corrected chi connectivity index (χ4v) is 1.52. The Hall–Kier alpha value is -2.57. The number of carbonyl (C=O) groups excluding carboxylic acids is 2. The lowest BCUT2D eigenvalue weighted by Crippen LogP contribution is -2.37. The van der Waals surface area contributed by atoms with Crippen molar-refractivity contribution >= 4 is 18.0 Å². The largest absolute Gasteiger partial charge is 0.474 e. The summed E-state index contributed by atoms with van der Waals surface area (Å²) in [5.41, 5.74) is 0.883. The molecule has 21 heavy (non-hydrogen) atoms. The average molecular weight is 294 g/mol. The minimum Gasteiger partial charge on any atom is -0.474 e. The monoisotopic (exact) mass is 294 g/mol. The SMILES string of the molecule is CC(CCNC(=O)C(=O)O)NC(=O)OCc1ccccc1. The van der Waals surface area contributed by atoms with Gasteiger partial charge in [-0.05, 0) is 18.9 Å². The third-order valence-electron chi connectivity index (χ3n) is 2.63. The Morgan fingerprint density at radius 3 is 2.52 bits per heavy atom. The fourth-order valence-electron chi connectivity index (χ4n) is 1.52. The highest BCUT2D eigenvalue weighted by Gasteiger charge is 2.12. The van der Waals surface area contributed by atoms with E-state index in [0.29, 0.717) is 6.42 Å². The van der Waals surface area contributed by atoms with Gasteiger partial charge >= 0.3 is 18.0 Å². The summed E-state index contributed by atoms with van der Waals surface area (Å²) in [6.45, 7) is 2.07. The number of alkyl carbamates (subject to hydrolysis) is 1. The van der Waals surface area contributed by atoms with Crippen molar-refractivity contribution in [1.29, 1.82) is 0 Å². The second-order valence-corrected chi connectivity index (χ2v) is 4.46. The van der Waals surface area contributed by atoms with Gasteiger partial charge in [-0.25, -0.2) is 9.59 Å². The highest BCUT2D eigenvalue weighted by Crippen LogP contribution is 2.01. The first-order valence-corrected chi connectivity index (χ1v) is 6.47. The first kappa shape index (κ1) is 16.5. The Labute approximate surface area is 122 Å². The molecule has 0 aliphatic carbocycles. The molecule has 0 aliphatic heterocycles. The van der Waals surface area contributed by atoms with E-state index in [2.05, 4.69) is 10.6 Å².